The summed E-state index contributed by atoms with van der Waals surface area (Å²) >= 11 is 3.29. The molecule has 4 rings (SSSR count). The Balaban J connectivity index is 1.65. The van der Waals surface area contributed by atoms with Gasteiger partial charge in [0.2, 0.25) is 5.91 Å². The number of hydrogen-bond donors (Lipinski definition) is 2. The minimum Gasteiger partial charge on any atom is -0.481 e. The van der Waals surface area contributed by atoms with E-state index in [0.29, 0.717) is 12.2 Å². The number of anilines is 1. The summed E-state index contributed by atoms with van der Waals surface area (Å²) in [6.07, 6.45) is -0.479. The first-order valence-electron chi connectivity index (χ1n) is 9.50. The van der Waals surface area contributed by atoms with Crippen LogP contribution in [0.5, 0.6) is 11.5 Å². The molecule has 2 aliphatic rings. The predicted octanol–water partition coefficient (Wildman–Crippen LogP) is 5.72. The van der Waals surface area contributed by atoms with Crippen molar-refractivity contribution in [3.63, 3.8) is 0 Å². The fraction of sp³-hybridized carbons (Fsp3) is 0.273. The summed E-state index contributed by atoms with van der Waals surface area (Å²) in [6.45, 7) is 0. The van der Waals surface area contributed by atoms with Crippen molar-refractivity contribution in [3.8, 4) is 11.5 Å². The molecule has 9 heteroatoms. The molecule has 0 heterocycles. The molecule has 5 nitrogen and oxygen atoms in total. The van der Waals surface area contributed by atoms with Crippen molar-refractivity contribution in [2.45, 2.75) is 12.6 Å². The molecule has 1 fully saturated rings. The molecule has 0 unspecified atom stereocenters. The molecule has 31 heavy (non-hydrogen) atoms. The molecule has 0 aromatic heterocycles. The van der Waals surface area contributed by atoms with Crippen molar-refractivity contribution in [2.24, 2.45) is 23.7 Å². The molecule has 0 aliphatic heterocycles. The van der Waals surface area contributed by atoms with Gasteiger partial charge in [-0.05, 0) is 60.7 Å². The van der Waals surface area contributed by atoms with Crippen LogP contribution >= 0.6 is 15.9 Å². The van der Waals surface area contributed by atoms with Gasteiger partial charge < -0.3 is 15.2 Å². The van der Waals surface area contributed by atoms with E-state index in [1.54, 1.807) is 36.4 Å². The second-order valence-corrected chi connectivity index (χ2v) is 8.51. The number of hydrogen-bond acceptors (Lipinski definition) is 3. The molecule has 162 valence electrons. The molecule has 2 aromatic carbocycles. The minimum absolute atomic E-state index is 0.0224. The van der Waals surface area contributed by atoms with Gasteiger partial charge in [-0.2, -0.15) is 13.2 Å². The molecule has 4 atom stereocenters. The second-order valence-electron chi connectivity index (χ2n) is 7.59. The maximum Gasteiger partial charge on any atom is 0.416 e. The summed E-state index contributed by atoms with van der Waals surface area (Å²) in [5.41, 5.74) is -1.12. The summed E-state index contributed by atoms with van der Waals surface area (Å²) in [7, 11) is 0. The van der Waals surface area contributed by atoms with Gasteiger partial charge in [-0.25, -0.2) is 0 Å². The molecule has 2 N–H and O–H groups in total. The maximum absolute atomic E-state index is 13.3. The molecule has 2 aromatic rings. The zero-order valence-corrected chi connectivity index (χ0v) is 17.5. The van der Waals surface area contributed by atoms with E-state index in [0.717, 1.165) is 22.7 Å². The number of benzene rings is 2. The number of carbonyl (C=O) groups excluding carboxylic acids is 1. The van der Waals surface area contributed by atoms with Crippen LogP contribution in [0.2, 0.25) is 0 Å². The zero-order valence-electron chi connectivity index (χ0n) is 15.9. The molecule has 2 bridgehead atoms. The summed E-state index contributed by atoms with van der Waals surface area (Å²) in [5, 5.41) is 12.0. The average molecular weight is 496 g/mol. The Kier molecular flexibility index (Phi) is 5.55. The topological polar surface area (TPSA) is 75.6 Å². The Morgan fingerprint density at radius 1 is 1.03 bits per heavy atom. The number of carbonyl (C=O) groups is 2. The lowest BCUT2D eigenvalue weighted by atomic mass is 9.82. The number of fused-ring (bicyclic) bond motifs is 2. The van der Waals surface area contributed by atoms with Crippen LogP contribution in [0.1, 0.15) is 12.0 Å². The standard InChI is InChI=1S/C22H17BrF3NO4/c23-14-4-6-15(7-5-14)31-17-8-3-13(22(24,25)26)10-16(17)27-20(28)18-11-1-2-12(9-11)19(18)21(29)30/h1-8,10-12,18-19H,9H2,(H,27,28)(H,29,30)/t11-,12-,18+,19-/m0/s1. The van der Waals surface area contributed by atoms with Crippen molar-refractivity contribution in [1.82, 2.24) is 0 Å². The van der Waals surface area contributed by atoms with Crippen LogP contribution in [0.3, 0.4) is 0 Å². The molecule has 1 saturated carbocycles. The Hall–Kier alpha value is -2.81. The lowest BCUT2D eigenvalue weighted by Crippen LogP contribution is -2.36. The number of rotatable bonds is 5. The van der Waals surface area contributed by atoms with Gasteiger partial charge in [0.05, 0.1) is 23.1 Å². The Bertz CT molecular complexity index is 1050. The number of carboxylic acid groups (broad SMARTS) is 1. The lowest BCUT2D eigenvalue weighted by Gasteiger charge is -2.24. The first-order chi connectivity index (χ1) is 14.6. The van der Waals surface area contributed by atoms with Crippen LogP contribution in [0.4, 0.5) is 18.9 Å². The zero-order chi connectivity index (χ0) is 22.3. The summed E-state index contributed by atoms with van der Waals surface area (Å²) < 4.78 is 46.3. The number of aliphatic carboxylic acids is 1. The van der Waals surface area contributed by atoms with Crippen LogP contribution < -0.4 is 10.1 Å². The van der Waals surface area contributed by atoms with Gasteiger partial charge in [0.1, 0.15) is 5.75 Å². The van der Waals surface area contributed by atoms with Crippen molar-refractivity contribution in [1.29, 1.82) is 0 Å². The molecule has 1 amide bonds. The van der Waals surface area contributed by atoms with Crippen LogP contribution in [0, 0.1) is 23.7 Å². The Morgan fingerprint density at radius 2 is 1.68 bits per heavy atom. The van der Waals surface area contributed by atoms with Crippen molar-refractivity contribution in [3.05, 3.63) is 64.7 Å². The van der Waals surface area contributed by atoms with E-state index in [9.17, 15) is 27.9 Å². The largest absolute Gasteiger partial charge is 0.481 e. The fourth-order valence-corrected chi connectivity index (χ4v) is 4.52. The normalized spacial score (nSPS) is 24.3. The average Bonchev–Trinajstić information content (AvgIpc) is 3.31. The number of allylic oxidation sites excluding steroid dienone is 2. The number of halogens is 4. The third-order valence-corrected chi connectivity index (χ3v) is 6.18. The van der Waals surface area contributed by atoms with Crippen molar-refractivity contribution < 1.29 is 32.6 Å². The van der Waals surface area contributed by atoms with Gasteiger partial charge in [0, 0.05) is 4.47 Å². The SMILES string of the molecule is O=C(O)[C@@H]1[C@H](C(=O)Nc2cc(C(F)(F)F)ccc2Oc2ccc(Br)cc2)[C@H]2C=C[C@H]1C2. The van der Waals surface area contributed by atoms with E-state index >= 15 is 0 Å². The number of amides is 1. The van der Waals surface area contributed by atoms with Crippen molar-refractivity contribution >= 4 is 33.5 Å². The fourth-order valence-electron chi connectivity index (χ4n) is 4.26. The van der Waals surface area contributed by atoms with Gasteiger partial charge in [-0.3, -0.25) is 9.59 Å². The highest BCUT2D eigenvalue weighted by molar-refractivity contribution is 9.10. The quantitative estimate of drug-likeness (QED) is 0.520. The van der Waals surface area contributed by atoms with Gasteiger partial charge in [-0.1, -0.05) is 28.1 Å². The van der Waals surface area contributed by atoms with Crippen LogP contribution in [0.15, 0.2) is 59.1 Å². The highest BCUT2D eigenvalue weighted by Crippen LogP contribution is 2.49. The van der Waals surface area contributed by atoms with Gasteiger partial charge in [-0.15, -0.1) is 0 Å². The maximum atomic E-state index is 13.3. The smallest absolute Gasteiger partial charge is 0.416 e. The highest BCUT2D eigenvalue weighted by Gasteiger charge is 2.51. The van der Waals surface area contributed by atoms with Crippen LogP contribution in [0.25, 0.3) is 0 Å². The van der Waals surface area contributed by atoms with Gasteiger partial charge >= 0.3 is 12.1 Å². The summed E-state index contributed by atoms with van der Waals surface area (Å²) in [6, 6.07) is 9.45. The summed E-state index contributed by atoms with van der Waals surface area (Å²) in [4.78, 5) is 24.7. The molecular formula is C22H17BrF3NO4. The van der Waals surface area contributed by atoms with E-state index in [-0.39, 0.29) is 23.3 Å². The Morgan fingerprint density at radius 3 is 2.29 bits per heavy atom. The highest BCUT2D eigenvalue weighted by atomic mass is 79.9. The van der Waals surface area contributed by atoms with Gasteiger partial charge in [0.25, 0.3) is 0 Å². The molecule has 0 spiro atoms. The van der Waals surface area contributed by atoms with E-state index < -0.39 is 35.5 Å². The van der Waals surface area contributed by atoms with Crippen LogP contribution in [-0.2, 0) is 15.8 Å². The van der Waals surface area contributed by atoms with Crippen LogP contribution in [-0.4, -0.2) is 17.0 Å². The lowest BCUT2D eigenvalue weighted by molar-refractivity contribution is -0.146. The second kappa shape index (κ2) is 8.03. The molecular weight excluding hydrogens is 479 g/mol. The first kappa shape index (κ1) is 21.4. The number of ether oxygens (including phenoxy) is 1. The predicted molar refractivity (Wildman–Crippen MR) is 110 cm³/mol. The molecule has 0 saturated heterocycles. The molecule has 2 aliphatic carbocycles. The monoisotopic (exact) mass is 495 g/mol. The third-order valence-electron chi connectivity index (χ3n) is 5.65. The third kappa shape index (κ3) is 4.32. The number of nitrogens with one attached hydrogen (secondary N) is 1. The Labute approximate surface area is 184 Å². The van der Waals surface area contributed by atoms with E-state index in [2.05, 4.69) is 21.2 Å². The van der Waals surface area contributed by atoms with E-state index in [1.165, 1.54) is 0 Å². The summed E-state index contributed by atoms with van der Waals surface area (Å²) in [5.74, 6) is -3.61. The molecule has 0 radical (unpaired) electrons. The van der Waals surface area contributed by atoms with E-state index in [1.807, 2.05) is 0 Å². The van der Waals surface area contributed by atoms with E-state index in [4.69, 9.17) is 4.74 Å². The number of alkyl halides is 3. The minimum atomic E-state index is -4.62. The first-order valence-corrected chi connectivity index (χ1v) is 10.3. The van der Waals surface area contributed by atoms with Gasteiger partial charge in [0.15, 0.2) is 5.75 Å². The van der Waals surface area contributed by atoms with Crippen molar-refractivity contribution in [2.75, 3.05) is 5.32 Å². The number of carboxylic acids is 1.